The van der Waals surface area contributed by atoms with E-state index in [0.717, 1.165) is 22.9 Å². The third-order valence-corrected chi connectivity index (χ3v) is 9.70. The van der Waals surface area contributed by atoms with E-state index in [1.807, 2.05) is 39.0 Å². The molecule has 9 heteroatoms. The van der Waals surface area contributed by atoms with Crippen LogP contribution in [-0.4, -0.2) is 30.1 Å². The zero-order valence-corrected chi connectivity index (χ0v) is 26.7. The van der Waals surface area contributed by atoms with Crippen LogP contribution < -0.4 is 4.72 Å². The highest BCUT2D eigenvalue weighted by Gasteiger charge is 2.42. The van der Waals surface area contributed by atoms with Crippen molar-refractivity contribution < 1.29 is 27.4 Å². The Morgan fingerprint density at radius 1 is 0.978 bits per heavy atom. The fraction of sp³-hybridized carbons (Fsp3) is 0.333. The normalized spacial score (nSPS) is 17.4. The lowest BCUT2D eigenvalue weighted by molar-refractivity contribution is -0.161. The molecule has 7 nitrogen and oxygen atoms in total. The summed E-state index contributed by atoms with van der Waals surface area (Å²) in [6.07, 6.45) is 5.12. The summed E-state index contributed by atoms with van der Waals surface area (Å²) in [6.45, 7) is 6.02. The van der Waals surface area contributed by atoms with E-state index in [9.17, 15) is 22.7 Å². The average Bonchev–Trinajstić information content (AvgIpc) is 2.98. The number of halogens is 1. The number of aryl methyl sites for hydroxylation is 1. The first-order valence-electron chi connectivity index (χ1n) is 15.2. The molecule has 0 amide bonds. The SMILES string of the molecule is CCCC1(CCc2ccc(F)cc2)CC(O)=C(CC(C)(C)Cc2cccc(NS(=O)(=O)c3cccc4cccnc34)c2)C(=O)O1. The number of aliphatic hydroxyl groups excluding tert-OH is 1. The highest BCUT2D eigenvalue weighted by molar-refractivity contribution is 7.93. The number of para-hydroxylation sites is 1. The van der Waals surface area contributed by atoms with Crippen LogP contribution in [0.1, 0.15) is 64.0 Å². The number of nitrogens with zero attached hydrogens (tertiary/aromatic N) is 1. The number of rotatable bonds is 12. The molecule has 45 heavy (non-hydrogen) atoms. The number of pyridine rings is 1. The quantitative estimate of drug-likeness (QED) is 0.153. The Bertz CT molecular complexity index is 1830. The van der Waals surface area contributed by atoms with Crippen molar-refractivity contribution in [1.29, 1.82) is 0 Å². The van der Waals surface area contributed by atoms with Gasteiger partial charge < -0.3 is 9.84 Å². The molecule has 0 spiro atoms. The van der Waals surface area contributed by atoms with Gasteiger partial charge in [0.15, 0.2) is 0 Å². The minimum atomic E-state index is -3.91. The molecule has 2 N–H and O–H groups in total. The molecule has 236 valence electrons. The number of sulfonamides is 1. The van der Waals surface area contributed by atoms with Crippen LogP contribution in [0.3, 0.4) is 0 Å². The van der Waals surface area contributed by atoms with Gasteiger partial charge in [0, 0.05) is 23.7 Å². The molecule has 0 aliphatic carbocycles. The second kappa shape index (κ2) is 13.0. The van der Waals surface area contributed by atoms with Gasteiger partial charge in [-0.2, -0.15) is 0 Å². The third kappa shape index (κ3) is 7.71. The van der Waals surface area contributed by atoms with Crippen LogP contribution in [0.2, 0.25) is 0 Å². The van der Waals surface area contributed by atoms with E-state index < -0.39 is 27.0 Å². The van der Waals surface area contributed by atoms with Gasteiger partial charge in [-0.05, 0) is 85.0 Å². The Labute approximate surface area is 264 Å². The topological polar surface area (TPSA) is 106 Å². The van der Waals surface area contributed by atoms with Gasteiger partial charge in [-0.15, -0.1) is 0 Å². The summed E-state index contributed by atoms with van der Waals surface area (Å²) in [7, 11) is -3.91. The molecule has 0 bridgehead atoms. The van der Waals surface area contributed by atoms with Crippen molar-refractivity contribution in [2.75, 3.05) is 4.72 Å². The number of nitrogens with one attached hydrogen (secondary N) is 1. The Morgan fingerprint density at radius 2 is 1.71 bits per heavy atom. The van der Waals surface area contributed by atoms with Crippen LogP contribution in [-0.2, 0) is 32.4 Å². The van der Waals surface area contributed by atoms with Gasteiger partial charge in [-0.1, -0.05) is 69.7 Å². The van der Waals surface area contributed by atoms with Crippen LogP contribution in [0.4, 0.5) is 10.1 Å². The van der Waals surface area contributed by atoms with Gasteiger partial charge in [0.1, 0.15) is 22.1 Å². The van der Waals surface area contributed by atoms with Crippen molar-refractivity contribution in [3.8, 4) is 0 Å². The van der Waals surface area contributed by atoms with Gasteiger partial charge in [0.25, 0.3) is 10.0 Å². The lowest BCUT2D eigenvalue weighted by Crippen LogP contribution is -2.41. The first-order chi connectivity index (χ1) is 21.4. The van der Waals surface area contributed by atoms with Gasteiger partial charge in [0.05, 0.1) is 11.1 Å². The number of carbonyl (C=O) groups excluding carboxylic acids is 1. The van der Waals surface area contributed by atoms with E-state index in [1.54, 1.807) is 48.7 Å². The number of cyclic esters (lactones) is 1. The van der Waals surface area contributed by atoms with Crippen LogP contribution in [0.15, 0.2) is 101 Å². The Kier molecular flexibility index (Phi) is 9.30. The summed E-state index contributed by atoms with van der Waals surface area (Å²) in [5.41, 5.74) is 1.63. The van der Waals surface area contributed by atoms with Crippen molar-refractivity contribution >= 4 is 32.6 Å². The van der Waals surface area contributed by atoms with E-state index in [1.165, 1.54) is 18.2 Å². The molecular formula is C36H39FN2O5S. The molecular weight excluding hydrogens is 591 g/mol. The smallest absolute Gasteiger partial charge is 0.337 e. The lowest BCUT2D eigenvalue weighted by Gasteiger charge is -2.38. The van der Waals surface area contributed by atoms with Crippen molar-refractivity contribution in [2.45, 2.75) is 76.2 Å². The second-order valence-electron chi connectivity index (χ2n) is 12.7. The predicted molar refractivity (Wildman–Crippen MR) is 174 cm³/mol. The number of anilines is 1. The maximum Gasteiger partial charge on any atom is 0.337 e. The van der Waals surface area contributed by atoms with Gasteiger partial charge in [-0.25, -0.2) is 17.6 Å². The maximum atomic E-state index is 13.4. The third-order valence-electron chi connectivity index (χ3n) is 8.28. The maximum absolute atomic E-state index is 13.4. The minimum Gasteiger partial charge on any atom is -0.512 e. The van der Waals surface area contributed by atoms with Crippen LogP contribution in [0.25, 0.3) is 10.9 Å². The van der Waals surface area contributed by atoms with E-state index in [0.29, 0.717) is 36.9 Å². The molecule has 5 rings (SSSR count). The van der Waals surface area contributed by atoms with Crippen LogP contribution >= 0.6 is 0 Å². The standard InChI is InChI=1S/C36H39FN2O5S/c1-4-18-36(19-17-25-13-15-28(37)16-14-25)24-31(40)30(34(41)44-36)23-35(2,3)22-26-8-5-11-29(21-26)39-45(42,43)32-12-6-9-27-10-7-20-38-33(27)32/h5-16,20-21,39-40H,4,17-19,22-24H2,1-3H3. The lowest BCUT2D eigenvalue weighted by atomic mass is 9.77. The Hall–Kier alpha value is -4.24. The number of hydrogen-bond acceptors (Lipinski definition) is 6. The minimum absolute atomic E-state index is 0.0529. The monoisotopic (exact) mass is 630 g/mol. The molecule has 0 saturated heterocycles. The molecule has 1 aromatic heterocycles. The van der Waals surface area contributed by atoms with Crippen molar-refractivity contribution in [2.24, 2.45) is 5.41 Å². The zero-order valence-electron chi connectivity index (χ0n) is 25.8. The highest BCUT2D eigenvalue weighted by atomic mass is 32.2. The molecule has 1 aliphatic rings. The molecule has 3 aromatic carbocycles. The van der Waals surface area contributed by atoms with Crippen LogP contribution in [0.5, 0.6) is 0 Å². The molecule has 0 radical (unpaired) electrons. The molecule has 0 saturated carbocycles. The number of aromatic nitrogens is 1. The number of benzene rings is 3. The van der Waals surface area contributed by atoms with E-state index in [4.69, 9.17) is 4.74 Å². The van der Waals surface area contributed by atoms with E-state index >= 15 is 0 Å². The second-order valence-corrected chi connectivity index (χ2v) is 14.4. The van der Waals surface area contributed by atoms with Crippen molar-refractivity contribution in [3.63, 3.8) is 0 Å². The Balaban J connectivity index is 1.29. The first kappa shape index (κ1) is 32.2. The molecule has 4 aromatic rings. The zero-order chi connectivity index (χ0) is 32.2. The largest absolute Gasteiger partial charge is 0.512 e. The summed E-state index contributed by atoms with van der Waals surface area (Å²) in [4.78, 5) is 17.7. The van der Waals surface area contributed by atoms with Crippen molar-refractivity contribution in [1.82, 2.24) is 4.98 Å². The number of hydrogen-bond donors (Lipinski definition) is 2. The molecule has 1 unspecified atom stereocenters. The average molecular weight is 631 g/mol. The predicted octanol–water partition coefficient (Wildman–Crippen LogP) is 8.06. The molecule has 1 atom stereocenters. The summed E-state index contributed by atoms with van der Waals surface area (Å²) in [5.74, 6) is -0.757. The number of aliphatic hydroxyl groups is 1. The summed E-state index contributed by atoms with van der Waals surface area (Å²) in [6, 6.07) is 22.1. The molecule has 2 heterocycles. The fourth-order valence-corrected chi connectivity index (χ4v) is 7.45. The highest BCUT2D eigenvalue weighted by Crippen LogP contribution is 2.41. The van der Waals surface area contributed by atoms with E-state index in [-0.39, 0.29) is 34.9 Å². The molecule has 1 aliphatic heterocycles. The number of fused-ring (bicyclic) bond motifs is 1. The van der Waals surface area contributed by atoms with Gasteiger partial charge in [-0.3, -0.25) is 9.71 Å². The van der Waals surface area contributed by atoms with E-state index in [2.05, 4.69) is 9.71 Å². The van der Waals surface area contributed by atoms with Gasteiger partial charge in [0.2, 0.25) is 0 Å². The summed E-state index contributed by atoms with van der Waals surface area (Å²) >= 11 is 0. The Morgan fingerprint density at radius 3 is 2.44 bits per heavy atom. The fourth-order valence-electron chi connectivity index (χ4n) is 6.22. The first-order valence-corrected chi connectivity index (χ1v) is 16.7. The molecule has 0 fully saturated rings. The number of carbonyl (C=O) groups is 1. The summed E-state index contributed by atoms with van der Waals surface area (Å²) < 4.78 is 48.8. The number of esters is 1. The van der Waals surface area contributed by atoms with Crippen LogP contribution in [0, 0.1) is 11.2 Å². The number of ether oxygens (including phenoxy) is 1. The van der Waals surface area contributed by atoms with Gasteiger partial charge >= 0.3 is 5.97 Å². The van der Waals surface area contributed by atoms with Crippen molar-refractivity contribution in [3.05, 3.63) is 113 Å². The summed E-state index contributed by atoms with van der Waals surface area (Å²) in [5, 5.41) is 11.9.